The summed E-state index contributed by atoms with van der Waals surface area (Å²) in [6.45, 7) is 1.82. The number of hydrogen-bond acceptors (Lipinski definition) is 5. The third-order valence-electron chi connectivity index (χ3n) is 3.99. The second-order valence-electron chi connectivity index (χ2n) is 6.30. The van der Waals surface area contributed by atoms with Crippen LogP contribution in [0.25, 0.3) is 0 Å². The van der Waals surface area contributed by atoms with Gasteiger partial charge in [-0.1, -0.05) is 12.1 Å². The summed E-state index contributed by atoms with van der Waals surface area (Å²) in [6, 6.07) is 12.8. The highest BCUT2D eigenvalue weighted by molar-refractivity contribution is 7.89. The van der Waals surface area contributed by atoms with Crippen molar-refractivity contribution >= 4 is 21.6 Å². The highest BCUT2D eigenvalue weighted by Gasteiger charge is 2.22. The van der Waals surface area contributed by atoms with Gasteiger partial charge in [0.25, 0.3) is 0 Å². The van der Waals surface area contributed by atoms with Crippen LogP contribution in [0.2, 0.25) is 0 Å². The first-order valence-electron chi connectivity index (χ1n) is 8.43. The van der Waals surface area contributed by atoms with Gasteiger partial charge >= 0.3 is 0 Å². The molecule has 2 aromatic rings. The van der Waals surface area contributed by atoms with Crippen LogP contribution in [0.1, 0.15) is 12.5 Å². The topological polar surface area (TPSA) is 87.7 Å². The van der Waals surface area contributed by atoms with Crippen LogP contribution >= 0.6 is 0 Å². The Morgan fingerprint density at radius 1 is 1.15 bits per heavy atom. The number of amides is 1. The van der Waals surface area contributed by atoms with Crippen molar-refractivity contribution < 1.29 is 17.9 Å². The van der Waals surface area contributed by atoms with Crippen LogP contribution in [0.15, 0.2) is 53.4 Å². The number of carbonyl (C=O) groups is 1. The van der Waals surface area contributed by atoms with Crippen LogP contribution in [-0.4, -0.2) is 41.6 Å². The first kappa shape index (κ1) is 20.7. The van der Waals surface area contributed by atoms with E-state index >= 15 is 0 Å². The summed E-state index contributed by atoms with van der Waals surface area (Å²) in [7, 11) is 1.58. The fourth-order valence-corrected chi connectivity index (χ4v) is 3.60. The lowest BCUT2D eigenvalue weighted by Crippen LogP contribution is -2.44. The number of sulfonamides is 1. The maximum absolute atomic E-state index is 12.4. The van der Waals surface area contributed by atoms with Gasteiger partial charge in [0.1, 0.15) is 5.75 Å². The smallest absolute Gasteiger partial charge is 0.241 e. The largest absolute Gasteiger partial charge is 0.497 e. The van der Waals surface area contributed by atoms with E-state index in [4.69, 9.17) is 4.74 Å². The Bertz CT molecular complexity index is 880. The average Bonchev–Trinajstić information content (AvgIpc) is 2.66. The van der Waals surface area contributed by atoms with Crippen LogP contribution in [0, 0.1) is 0 Å². The van der Waals surface area contributed by atoms with Crippen molar-refractivity contribution in [3.63, 3.8) is 0 Å². The van der Waals surface area contributed by atoms with E-state index in [2.05, 4.69) is 10.0 Å². The molecule has 1 atom stereocenters. The molecule has 2 rings (SSSR count). The third kappa shape index (κ3) is 5.70. The Morgan fingerprint density at radius 2 is 1.81 bits per heavy atom. The summed E-state index contributed by atoms with van der Waals surface area (Å²) in [4.78, 5) is 14.3. The van der Waals surface area contributed by atoms with E-state index < -0.39 is 22.0 Å². The highest BCUT2D eigenvalue weighted by atomic mass is 32.2. The molecule has 146 valence electrons. The monoisotopic (exact) mass is 391 g/mol. The van der Waals surface area contributed by atoms with E-state index in [0.29, 0.717) is 12.3 Å². The Hall–Kier alpha value is -2.58. The van der Waals surface area contributed by atoms with Gasteiger partial charge in [-0.25, -0.2) is 8.42 Å². The van der Waals surface area contributed by atoms with Crippen molar-refractivity contribution in [2.24, 2.45) is 0 Å². The minimum Gasteiger partial charge on any atom is -0.497 e. The van der Waals surface area contributed by atoms with Gasteiger partial charge in [0, 0.05) is 26.3 Å². The molecule has 0 aliphatic heterocycles. The van der Waals surface area contributed by atoms with Gasteiger partial charge in [-0.15, -0.1) is 0 Å². The van der Waals surface area contributed by atoms with Crippen molar-refractivity contribution in [2.45, 2.75) is 24.4 Å². The molecular formula is C19H25N3O4S. The van der Waals surface area contributed by atoms with Gasteiger partial charge < -0.3 is 15.0 Å². The summed E-state index contributed by atoms with van der Waals surface area (Å²) in [5.41, 5.74) is 1.95. The summed E-state index contributed by atoms with van der Waals surface area (Å²) in [5.74, 6) is 0.155. The maximum Gasteiger partial charge on any atom is 0.241 e. The molecule has 0 aromatic heterocycles. The van der Waals surface area contributed by atoms with E-state index in [1.54, 1.807) is 12.1 Å². The predicted octanol–water partition coefficient (Wildman–Crippen LogP) is 1.74. The second kappa shape index (κ2) is 8.88. The van der Waals surface area contributed by atoms with Crippen molar-refractivity contribution in [3.05, 3.63) is 54.1 Å². The van der Waals surface area contributed by atoms with Crippen molar-refractivity contribution in [3.8, 4) is 5.75 Å². The molecule has 1 amide bonds. The van der Waals surface area contributed by atoms with Crippen molar-refractivity contribution in [2.75, 3.05) is 26.1 Å². The standard InChI is InChI=1S/C19H25N3O4S/c1-14(21-27(24,25)18-10-8-17(26-4)9-11-18)19(23)20-13-15-6-5-7-16(12-15)22(2)3/h5-12,14,21H,13H2,1-4H3,(H,20,23)/t14-/m0/s1. The zero-order valence-corrected chi connectivity index (χ0v) is 16.7. The quantitative estimate of drug-likeness (QED) is 0.716. The van der Waals surface area contributed by atoms with E-state index in [1.165, 1.54) is 26.2 Å². The number of hydrogen-bond donors (Lipinski definition) is 2. The zero-order valence-electron chi connectivity index (χ0n) is 15.9. The molecular weight excluding hydrogens is 366 g/mol. The molecule has 2 aromatic carbocycles. The van der Waals surface area contributed by atoms with Gasteiger partial charge in [0.2, 0.25) is 15.9 Å². The summed E-state index contributed by atoms with van der Waals surface area (Å²) < 4.78 is 32.2. The fraction of sp³-hybridized carbons (Fsp3) is 0.316. The third-order valence-corrected chi connectivity index (χ3v) is 5.55. The summed E-state index contributed by atoms with van der Waals surface area (Å²) in [5, 5.41) is 2.75. The van der Waals surface area contributed by atoms with Crippen LogP contribution < -0.4 is 19.7 Å². The van der Waals surface area contributed by atoms with Gasteiger partial charge in [-0.2, -0.15) is 4.72 Å². The van der Waals surface area contributed by atoms with E-state index in [9.17, 15) is 13.2 Å². The molecule has 7 nitrogen and oxygen atoms in total. The number of anilines is 1. The number of rotatable bonds is 8. The molecule has 0 fully saturated rings. The Kier molecular flexibility index (Phi) is 6.81. The van der Waals surface area contributed by atoms with Crippen LogP contribution in [-0.2, 0) is 21.4 Å². The van der Waals surface area contributed by atoms with E-state index in [0.717, 1.165) is 11.3 Å². The normalized spacial score (nSPS) is 12.3. The number of nitrogens with zero attached hydrogens (tertiary/aromatic N) is 1. The number of ether oxygens (including phenoxy) is 1. The van der Waals surface area contributed by atoms with Crippen LogP contribution in [0.4, 0.5) is 5.69 Å². The lowest BCUT2D eigenvalue weighted by Gasteiger charge is -2.16. The second-order valence-corrected chi connectivity index (χ2v) is 8.01. The van der Waals surface area contributed by atoms with Gasteiger partial charge in [-0.3, -0.25) is 4.79 Å². The van der Waals surface area contributed by atoms with Gasteiger partial charge in [0.05, 0.1) is 18.0 Å². The van der Waals surface area contributed by atoms with Gasteiger partial charge in [-0.05, 0) is 48.9 Å². The molecule has 0 aliphatic rings. The SMILES string of the molecule is COc1ccc(S(=O)(=O)N[C@@H](C)C(=O)NCc2cccc(N(C)C)c2)cc1. The molecule has 0 saturated carbocycles. The summed E-state index contributed by atoms with van der Waals surface area (Å²) in [6.07, 6.45) is 0. The maximum atomic E-state index is 12.4. The van der Waals surface area contributed by atoms with Crippen LogP contribution in [0.5, 0.6) is 5.75 Å². The number of carbonyl (C=O) groups excluding carboxylic acids is 1. The molecule has 0 heterocycles. The fourth-order valence-electron chi connectivity index (χ4n) is 2.40. The van der Waals surface area contributed by atoms with Gasteiger partial charge in [0.15, 0.2) is 0 Å². The van der Waals surface area contributed by atoms with E-state index in [1.807, 2.05) is 43.3 Å². The molecule has 0 bridgehead atoms. The zero-order chi connectivity index (χ0) is 20.0. The highest BCUT2D eigenvalue weighted by Crippen LogP contribution is 2.16. The summed E-state index contributed by atoms with van der Waals surface area (Å²) >= 11 is 0. The minimum absolute atomic E-state index is 0.0710. The van der Waals surface area contributed by atoms with E-state index in [-0.39, 0.29) is 4.90 Å². The molecule has 2 N–H and O–H groups in total. The molecule has 27 heavy (non-hydrogen) atoms. The Morgan fingerprint density at radius 3 is 2.41 bits per heavy atom. The van der Waals surface area contributed by atoms with Crippen molar-refractivity contribution in [1.29, 1.82) is 0 Å². The average molecular weight is 391 g/mol. The molecule has 0 radical (unpaired) electrons. The lowest BCUT2D eigenvalue weighted by atomic mass is 10.2. The lowest BCUT2D eigenvalue weighted by molar-refractivity contribution is -0.122. The number of nitrogens with one attached hydrogen (secondary N) is 2. The molecule has 8 heteroatoms. The first-order chi connectivity index (χ1) is 12.7. The Balaban J connectivity index is 1.97. The minimum atomic E-state index is -3.80. The Labute approximate surface area is 160 Å². The first-order valence-corrected chi connectivity index (χ1v) is 9.91. The van der Waals surface area contributed by atoms with Crippen molar-refractivity contribution in [1.82, 2.24) is 10.0 Å². The molecule has 0 unspecified atom stereocenters. The number of benzene rings is 2. The van der Waals surface area contributed by atoms with Crippen LogP contribution in [0.3, 0.4) is 0 Å². The molecule has 0 spiro atoms. The molecule has 0 saturated heterocycles. The predicted molar refractivity (Wildman–Crippen MR) is 105 cm³/mol. The molecule has 0 aliphatic carbocycles. The number of methoxy groups -OCH3 is 1.